The van der Waals surface area contributed by atoms with Gasteiger partial charge in [0.25, 0.3) is 0 Å². The molecule has 138 valence electrons. The molecule has 5 heteroatoms. The van der Waals surface area contributed by atoms with Crippen LogP contribution in [-0.2, 0) is 0 Å². The van der Waals surface area contributed by atoms with Gasteiger partial charge in [-0.05, 0) is 61.8 Å². The van der Waals surface area contributed by atoms with Gasteiger partial charge in [-0.15, -0.1) is 0 Å². The van der Waals surface area contributed by atoms with Crippen molar-refractivity contribution >= 4 is 17.2 Å². The van der Waals surface area contributed by atoms with Gasteiger partial charge in [-0.25, -0.2) is 4.39 Å². The molecule has 2 aliphatic heterocycles. The Morgan fingerprint density at radius 3 is 2.89 bits per heavy atom. The van der Waals surface area contributed by atoms with Crippen LogP contribution in [0.25, 0.3) is 16.8 Å². The number of hydrogen-bond donors (Lipinski definition) is 0. The molecule has 1 aromatic heterocycles. The van der Waals surface area contributed by atoms with Crippen LogP contribution >= 0.6 is 11.6 Å². The van der Waals surface area contributed by atoms with Gasteiger partial charge < -0.3 is 4.90 Å². The third-order valence-electron chi connectivity index (χ3n) is 4.92. The van der Waals surface area contributed by atoms with Crippen molar-refractivity contribution in [2.75, 3.05) is 0 Å². The van der Waals surface area contributed by atoms with E-state index in [2.05, 4.69) is 18.0 Å². The highest BCUT2D eigenvalue weighted by atomic mass is 35.5. The minimum atomic E-state index is -0.381. The molecule has 2 aliphatic rings. The molecule has 0 amide bonds. The predicted octanol–water partition coefficient (Wildman–Crippen LogP) is 6.23. The summed E-state index contributed by atoms with van der Waals surface area (Å²) in [6.45, 7) is 2.08. The predicted molar refractivity (Wildman–Crippen MR) is 109 cm³/mol. The van der Waals surface area contributed by atoms with Crippen molar-refractivity contribution in [3.8, 4) is 17.3 Å². The van der Waals surface area contributed by atoms with E-state index in [1.54, 1.807) is 12.3 Å². The smallest absolute Gasteiger partial charge is 0.132 e. The molecule has 0 fully saturated rings. The van der Waals surface area contributed by atoms with Gasteiger partial charge >= 0.3 is 0 Å². The lowest BCUT2D eigenvalue weighted by molar-refractivity contribution is 0.609. The van der Waals surface area contributed by atoms with E-state index in [-0.39, 0.29) is 5.82 Å². The van der Waals surface area contributed by atoms with Crippen LogP contribution in [0.3, 0.4) is 0 Å². The summed E-state index contributed by atoms with van der Waals surface area (Å²) in [5, 5.41) is 10.0. The molecule has 0 N–H and O–H groups in total. The van der Waals surface area contributed by atoms with Crippen molar-refractivity contribution in [3.63, 3.8) is 0 Å². The molecule has 0 saturated carbocycles. The molecule has 2 aromatic rings. The van der Waals surface area contributed by atoms with Crippen molar-refractivity contribution in [2.24, 2.45) is 0 Å². The van der Waals surface area contributed by atoms with Gasteiger partial charge in [0.2, 0.25) is 0 Å². The molecule has 0 aliphatic carbocycles. The quantitative estimate of drug-likeness (QED) is 0.611. The molecule has 0 unspecified atom stereocenters. The van der Waals surface area contributed by atoms with Gasteiger partial charge in [-0.1, -0.05) is 23.7 Å². The fourth-order valence-corrected chi connectivity index (χ4v) is 3.66. The molecule has 0 atom stereocenters. The number of benzene rings is 1. The third-order valence-corrected chi connectivity index (χ3v) is 5.15. The fourth-order valence-electron chi connectivity index (χ4n) is 3.49. The number of hydrogen-bond acceptors (Lipinski definition) is 3. The van der Waals surface area contributed by atoms with E-state index < -0.39 is 0 Å². The van der Waals surface area contributed by atoms with E-state index in [0.29, 0.717) is 22.0 Å². The zero-order valence-electron chi connectivity index (χ0n) is 15.3. The first-order valence-corrected chi connectivity index (χ1v) is 9.36. The molecule has 28 heavy (non-hydrogen) atoms. The summed E-state index contributed by atoms with van der Waals surface area (Å²) in [5.74, 6) is -0.381. The average Bonchev–Trinajstić information content (AvgIpc) is 2.88. The Morgan fingerprint density at radius 1 is 1.21 bits per heavy atom. The molecular formula is C23H17ClFN3. The van der Waals surface area contributed by atoms with E-state index >= 15 is 0 Å². The zero-order valence-corrected chi connectivity index (χ0v) is 16.0. The van der Waals surface area contributed by atoms with Gasteiger partial charge in [0.1, 0.15) is 17.6 Å². The first kappa shape index (κ1) is 18.2. The van der Waals surface area contributed by atoms with Gasteiger partial charge in [-0.3, -0.25) is 4.98 Å². The van der Waals surface area contributed by atoms with E-state index in [1.165, 1.54) is 17.7 Å². The minimum Gasteiger partial charge on any atom is -0.308 e. The molecule has 3 heterocycles. The second-order valence-electron chi connectivity index (χ2n) is 6.72. The van der Waals surface area contributed by atoms with Crippen LogP contribution in [0.15, 0.2) is 77.9 Å². The van der Waals surface area contributed by atoms with Crippen LogP contribution < -0.4 is 0 Å². The van der Waals surface area contributed by atoms with Gasteiger partial charge in [0, 0.05) is 39.8 Å². The molecule has 0 bridgehead atoms. The highest BCUT2D eigenvalue weighted by Gasteiger charge is 2.22. The summed E-state index contributed by atoms with van der Waals surface area (Å²) in [6, 6.07) is 10.4. The number of nitriles is 1. The standard InChI is InChI=1S/C23H17ClFN3/c1-15-4-2-5-18(13-26)28-14-16(7-10-22(15)28)19-6-3-11-27-23(19)20-12-17(24)8-9-21(20)25/h3,5-12,14H,2,4H2,1H3. The molecular weight excluding hydrogens is 373 g/mol. The fraction of sp³-hybridized carbons (Fsp3) is 0.130. The topological polar surface area (TPSA) is 39.9 Å². The molecule has 0 radical (unpaired) electrons. The molecule has 0 spiro atoms. The number of nitrogens with zero attached hydrogens (tertiary/aromatic N) is 3. The van der Waals surface area contributed by atoms with Crippen molar-refractivity contribution in [2.45, 2.75) is 19.8 Å². The maximum atomic E-state index is 14.5. The number of pyridine rings is 1. The van der Waals surface area contributed by atoms with Crippen molar-refractivity contribution in [3.05, 3.63) is 94.3 Å². The molecule has 0 saturated heterocycles. The van der Waals surface area contributed by atoms with Crippen LogP contribution in [0.1, 0.15) is 25.3 Å². The average molecular weight is 390 g/mol. The second-order valence-corrected chi connectivity index (χ2v) is 7.15. The lowest BCUT2D eigenvalue weighted by atomic mass is 9.96. The Kier molecular flexibility index (Phi) is 4.85. The van der Waals surface area contributed by atoms with Gasteiger partial charge in [0.15, 0.2) is 0 Å². The van der Waals surface area contributed by atoms with E-state index in [9.17, 15) is 9.65 Å². The number of fused-ring (bicyclic) bond motifs is 1. The highest BCUT2D eigenvalue weighted by Crippen LogP contribution is 2.36. The number of aromatic nitrogens is 1. The van der Waals surface area contributed by atoms with Crippen LogP contribution in [0.4, 0.5) is 4.39 Å². The lowest BCUT2D eigenvalue weighted by Gasteiger charge is -2.26. The summed E-state index contributed by atoms with van der Waals surface area (Å²) in [7, 11) is 0. The Hall–Kier alpha value is -3.16. The largest absolute Gasteiger partial charge is 0.308 e. The number of allylic oxidation sites excluding steroid dienone is 6. The van der Waals surface area contributed by atoms with E-state index in [1.807, 2.05) is 41.5 Å². The van der Waals surface area contributed by atoms with E-state index in [4.69, 9.17) is 11.6 Å². The summed E-state index contributed by atoms with van der Waals surface area (Å²) in [4.78, 5) is 6.32. The zero-order chi connectivity index (χ0) is 19.7. The van der Waals surface area contributed by atoms with Crippen molar-refractivity contribution in [1.82, 2.24) is 9.88 Å². The molecule has 3 nitrogen and oxygen atoms in total. The third kappa shape index (κ3) is 3.26. The Bertz CT molecular complexity index is 1120. The normalized spacial score (nSPS) is 16.1. The maximum Gasteiger partial charge on any atom is 0.132 e. The summed E-state index contributed by atoms with van der Waals surface area (Å²) in [5.41, 5.74) is 5.31. The number of rotatable bonds is 2. The Morgan fingerprint density at radius 2 is 2.07 bits per heavy atom. The van der Waals surface area contributed by atoms with Crippen LogP contribution in [0.2, 0.25) is 5.02 Å². The first-order valence-electron chi connectivity index (χ1n) is 8.98. The minimum absolute atomic E-state index is 0.349. The van der Waals surface area contributed by atoms with Crippen LogP contribution in [0.5, 0.6) is 0 Å². The van der Waals surface area contributed by atoms with Crippen molar-refractivity contribution < 1.29 is 4.39 Å². The van der Waals surface area contributed by atoms with E-state index in [0.717, 1.165) is 29.7 Å². The highest BCUT2D eigenvalue weighted by molar-refractivity contribution is 6.30. The Labute approximate surface area is 168 Å². The monoisotopic (exact) mass is 389 g/mol. The van der Waals surface area contributed by atoms with Gasteiger partial charge in [-0.2, -0.15) is 5.26 Å². The van der Waals surface area contributed by atoms with Crippen molar-refractivity contribution in [1.29, 1.82) is 5.26 Å². The lowest BCUT2D eigenvalue weighted by Crippen LogP contribution is -2.17. The Balaban J connectivity index is 1.87. The van der Waals surface area contributed by atoms with Crippen LogP contribution in [-0.4, -0.2) is 9.88 Å². The van der Waals surface area contributed by atoms with Gasteiger partial charge in [0.05, 0.1) is 5.69 Å². The second kappa shape index (κ2) is 7.46. The molecule has 4 rings (SSSR count). The first-order chi connectivity index (χ1) is 13.6. The SMILES string of the molecule is CC1=C2C=CC(c3cccnc3-c3cc(Cl)ccc3F)=CN2C(C#N)=CCC1. The summed E-state index contributed by atoms with van der Waals surface area (Å²) < 4.78 is 14.5. The van der Waals surface area contributed by atoms with Crippen LogP contribution in [0, 0.1) is 17.1 Å². The molecule has 1 aromatic carbocycles. The summed E-state index contributed by atoms with van der Waals surface area (Å²) in [6.07, 6.45) is 11.2. The maximum absolute atomic E-state index is 14.5. The summed E-state index contributed by atoms with van der Waals surface area (Å²) >= 11 is 6.09. The number of halogens is 2.